The second-order valence-electron chi connectivity index (χ2n) is 7.21. The summed E-state index contributed by atoms with van der Waals surface area (Å²) in [7, 11) is 0. The maximum absolute atomic E-state index is 8.56. The Balaban J connectivity index is 3.01. The average Bonchev–Trinajstić information content (AvgIpc) is 2.91. The summed E-state index contributed by atoms with van der Waals surface area (Å²) in [4.78, 5) is 0. The van der Waals surface area contributed by atoms with Gasteiger partial charge < -0.3 is 57.2 Å². The van der Waals surface area contributed by atoms with Crippen LogP contribution in [0.4, 0.5) is 0 Å². The third-order valence-corrected chi connectivity index (χ3v) is 4.19. The van der Waals surface area contributed by atoms with E-state index in [1.165, 1.54) is 0 Å². The molecule has 0 heterocycles. The fraction of sp³-hybridized carbons (Fsp3) is 0.920. The van der Waals surface area contributed by atoms with E-state index < -0.39 is 0 Å². The Bertz CT molecular complexity index is 417. The second kappa shape index (κ2) is 35.3. The Morgan fingerprint density at radius 1 is 0.324 bits per heavy atom. The Kier molecular flexibility index (Phi) is 34.6. The number of aliphatic hydroxyl groups is 1. The molecule has 0 radical (unpaired) electrons. The van der Waals surface area contributed by atoms with E-state index in [0.29, 0.717) is 145 Å². The zero-order valence-electron chi connectivity index (χ0n) is 22.5. The van der Waals surface area contributed by atoms with E-state index in [0.717, 1.165) is 0 Å². The molecule has 1 N–H and O–H groups in total. The maximum atomic E-state index is 8.56. The monoisotopic (exact) mass is 542 g/mol. The largest absolute Gasteiger partial charge is 0.394 e. The van der Waals surface area contributed by atoms with Gasteiger partial charge in [-0.2, -0.15) is 0 Å². The molecular weight excluding hydrogens is 492 g/mol. The lowest BCUT2D eigenvalue weighted by Gasteiger charge is -2.09. The molecule has 0 bridgehead atoms. The van der Waals surface area contributed by atoms with Gasteiger partial charge in [-0.1, -0.05) is 6.08 Å². The van der Waals surface area contributed by atoms with Gasteiger partial charge >= 0.3 is 0 Å². The van der Waals surface area contributed by atoms with Gasteiger partial charge in [-0.15, -0.1) is 6.58 Å². The molecule has 0 unspecified atom stereocenters. The van der Waals surface area contributed by atoms with Gasteiger partial charge in [0.25, 0.3) is 0 Å². The highest BCUT2D eigenvalue weighted by molar-refractivity contribution is 4.63. The Hall–Kier alpha value is -0.740. The summed E-state index contributed by atoms with van der Waals surface area (Å²) in [6, 6.07) is 0. The first-order chi connectivity index (χ1) is 18.4. The molecule has 0 aromatic carbocycles. The first-order valence-electron chi connectivity index (χ1n) is 13.0. The summed E-state index contributed by atoms with van der Waals surface area (Å²) in [6.45, 7) is 14.8. The molecule has 12 nitrogen and oxygen atoms in total. The molecule has 0 fully saturated rings. The van der Waals surface area contributed by atoms with E-state index >= 15 is 0 Å². The van der Waals surface area contributed by atoms with Crippen LogP contribution < -0.4 is 0 Å². The van der Waals surface area contributed by atoms with Gasteiger partial charge in [0, 0.05) is 0 Å². The van der Waals surface area contributed by atoms with Gasteiger partial charge in [0.15, 0.2) is 0 Å². The van der Waals surface area contributed by atoms with Crippen LogP contribution in [-0.2, 0) is 52.1 Å². The van der Waals surface area contributed by atoms with E-state index in [1.807, 2.05) is 0 Å². The molecule has 0 atom stereocenters. The highest BCUT2D eigenvalue weighted by Crippen LogP contribution is 1.87. The first-order valence-corrected chi connectivity index (χ1v) is 13.0. The zero-order chi connectivity index (χ0) is 26.7. The molecule has 0 aliphatic heterocycles. The van der Waals surface area contributed by atoms with Gasteiger partial charge in [-0.25, -0.2) is 0 Å². The minimum Gasteiger partial charge on any atom is -0.394 e. The van der Waals surface area contributed by atoms with E-state index in [2.05, 4.69) is 6.58 Å². The van der Waals surface area contributed by atoms with Crippen molar-refractivity contribution in [2.75, 3.05) is 152 Å². The lowest BCUT2D eigenvalue weighted by Crippen LogP contribution is -2.15. The Labute approximate surface area is 222 Å². The highest BCUT2D eigenvalue weighted by atomic mass is 16.6. The number of hydrogen-bond acceptors (Lipinski definition) is 12. The normalized spacial score (nSPS) is 11.4. The third-order valence-electron chi connectivity index (χ3n) is 4.19. The summed E-state index contributed by atoms with van der Waals surface area (Å²) in [6.07, 6.45) is 1.71. The summed E-state index contributed by atoms with van der Waals surface area (Å²) in [5.41, 5.74) is 0. The van der Waals surface area contributed by atoms with Crippen LogP contribution in [0.2, 0.25) is 0 Å². The molecule has 0 spiro atoms. The van der Waals surface area contributed by atoms with Crippen LogP contribution in [0.15, 0.2) is 12.7 Å². The summed E-state index contributed by atoms with van der Waals surface area (Å²) in [5.74, 6) is 0. The van der Waals surface area contributed by atoms with Crippen LogP contribution >= 0.6 is 0 Å². The van der Waals surface area contributed by atoms with Gasteiger partial charge in [0.1, 0.15) is 0 Å². The predicted octanol–water partition coefficient (Wildman–Crippen LogP) is 0.347. The molecule has 0 amide bonds. The quantitative estimate of drug-likeness (QED) is 0.0892. The van der Waals surface area contributed by atoms with Crippen LogP contribution in [0.3, 0.4) is 0 Å². The number of ether oxygens (including phenoxy) is 11. The molecule has 12 heteroatoms. The minimum absolute atomic E-state index is 0.0272. The zero-order valence-corrected chi connectivity index (χ0v) is 22.5. The van der Waals surface area contributed by atoms with Crippen LogP contribution in [0.5, 0.6) is 0 Å². The molecule has 37 heavy (non-hydrogen) atoms. The van der Waals surface area contributed by atoms with Crippen molar-refractivity contribution < 1.29 is 57.2 Å². The molecule has 0 saturated carbocycles. The molecular formula is C25H50O12. The third kappa shape index (κ3) is 35.3. The van der Waals surface area contributed by atoms with Gasteiger partial charge in [0.2, 0.25) is 0 Å². The van der Waals surface area contributed by atoms with E-state index in [4.69, 9.17) is 57.2 Å². The topological polar surface area (TPSA) is 122 Å². The van der Waals surface area contributed by atoms with Gasteiger partial charge in [-0.05, 0) is 0 Å². The van der Waals surface area contributed by atoms with Crippen molar-refractivity contribution in [3.05, 3.63) is 12.7 Å². The smallest absolute Gasteiger partial charge is 0.0704 e. The van der Waals surface area contributed by atoms with E-state index in [1.54, 1.807) is 6.08 Å². The van der Waals surface area contributed by atoms with Crippen molar-refractivity contribution in [3.63, 3.8) is 0 Å². The maximum Gasteiger partial charge on any atom is 0.0704 e. The molecule has 0 rings (SSSR count). The highest BCUT2D eigenvalue weighted by Gasteiger charge is 1.96. The molecule has 0 aliphatic carbocycles. The van der Waals surface area contributed by atoms with Crippen molar-refractivity contribution in [1.29, 1.82) is 0 Å². The van der Waals surface area contributed by atoms with Crippen molar-refractivity contribution in [3.8, 4) is 0 Å². The number of rotatable bonds is 34. The van der Waals surface area contributed by atoms with Gasteiger partial charge in [-0.3, -0.25) is 0 Å². The van der Waals surface area contributed by atoms with Crippen molar-refractivity contribution in [2.45, 2.75) is 0 Å². The van der Waals surface area contributed by atoms with E-state index in [9.17, 15) is 0 Å². The number of aliphatic hydroxyl groups excluding tert-OH is 1. The fourth-order valence-corrected chi connectivity index (χ4v) is 2.43. The summed E-state index contributed by atoms with van der Waals surface area (Å²) in [5, 5.41) is 8.56. The first kappa shape index (κ1) is 36.3. The standard InChI is InChI=1S/C25H50O12/c1-2-4-27-6-8-29-10-12-31-14-16-33-18-20-35-22-24-37-25-23-36-21-19-34-17-15-32-13-11-30-9-7-28-5-3-26/h2,26H,1,3-25H2. The Morgan fingerprint density at radius 3 is 0.703 bits per heavy atom. The van der Waals surface area contributed by atoms with Crippen molar-refractivity contribution >= 4 is 0 Å². The minimum atomic E-state index is 0.0272. The van der Waals surface area contributed by atoms with Crippen molar-refractivity contribution in [2.24, 2.45) is 0 Å². The SMILES string of the molecule is C=CCOCCOCCOCCOCCOCCOCCOCCOCCOCCOCCOCCO. The molecule has 222 valence electrons. The molecule has 0 saturated heterocycles. The summed E-state index contributed by atoms with van der Waals surface area (Å²) < 4.78 is 58.9. The lowest BCUT2D eigenvalue weighted by atomic mass is 10.6. The fourth-order valence-electron chi connectivity index (χ4n) is 2.43. The van der Waals surface area contributed by atoms with Crippen LogP contribution in [-0.4, -0.2) is 157 Å². The predicted molar refractivity (Wildman–Crippen MR) is 136 cm³/mol. The van der Waals surface area contributed by atoms with Crippen LogP contribution in [0, 0.1) is 0 Å². The average molecular weight is 543 g/mol. The van der Waals surface area contributed by atoms with E-state index in [-0.39, 0.29) is 6.61 Å². The molecule has 0 aromatic heterocycles. The van der Waals surface area contributed by atoms with Crippen LogP contribution in [0.1, 0.15) is 0 Å². The van der Waals surface area contributed by atoms with Gasteiger partial charge in [0.05, 0.1) is 152 Å². The van der Waals surface area contributed by atoms with Crippen molar-refractivity contribution in [1.82, 2.24) is 0 Å². The molecule has 0 aromatic rings. The second-order valence-corrected chi connectivity index (χ2v) is 7.21. The number of hydrogen-bond donors (Lipinski definition) is 1. The van der Waals surface area contributed by atoms with Crippen LogP contribution in [0.25, 0.3) is 0 Å². The Morgan fingerprint density at radius 2 is 0.514 bits per heavy atom. The lowest BCUT2D eigenvalue weighted by molar-refractivity contribution is -0.0276. The molecule has 0 aliphatic rings. The summed E-state index contributed by atoms with van der Waals surface area (Å²) >= 11 is 0.